The Bertz CT molecular complexity index is 672. The highest BCUT2D eigenvalue weighted by Crippen LogP contribution is 2.47. The van der Waals surface area contributed by atoms with E-state index in [1.54, 1.807) is 30.3 Å². The van der Waals surface area contributed by atoms with Crippen LogP contribution in [0.25, 0.3) is 0 Å². The molecule has 6 heteroatoms. The van der Waals surface area contributed by atoms with Crippen LogP contribution in [0.2, 0.25) is 0 Å². The van der Waals surface area contributed by atoms with Gasteiger partial charge in [0, 0.05) is 11.8 Å². The summed E-state index contributed by atoms with van der Waals surface area (Å²) < 4.78 is 14.9. The van der Waals surface area contributed by atoms with Crippen molar-refractivity contribution in [2.45, 2.75) is 12.8 Å². The molecule has 2 rings (SSSR count). The molecule has 0 heterocycles. The maximum Gasteiger partial charge on any atom is 0.338 e. The summed E-state index contributed by atoms with van der Waals surface area (Å²) in [6.45, 7) is 0.0122. The lowest BCUT2D eigenvalue weighted by Crippen LogP contribution is -2.39. The SMILES string of the molecule is C#C[C@@H]1CC(C(=O)OC)(C(=O)OC)C[C@@H]1COC(=O)c1ccccc1. The largest absolute Gasteiger partial charge is 0.468 e. The summed E-state index contributed by atoms with van der Waals surface area (Å²) in [5, 5.41) is 0. The van der Waals surface area contributed by atoms with Gasteiger partial charge in [0.05, 0.1) is 26.4 Å². The van der Waals surface area contributed by atoms with E-state index in [-0.39, 0.29) is 25.4 Å². The Balaban J connectivity index is 2.13. The molecule has 1 fully saturated rings. The van der Waals surface area contributed by atoms with E-state index in [0.29, 0.717) is 5.56 Å². The molecule has 0 unspecified atom stereocenters. The molecule has 0 spiro atoms. The Hall–Kier alpha value is -2.81. The van der Waals surface area contributed by atoms with Crippen molar-refractivity contribution in [3.8, 4) is 12.3 Å². The number of rotatable bonds is 5. The summed E-state index contributed by atoms with van der Waals surface area (Å²) in [5.41, 5.74) is -1.03. The predicted molar refractivity (Wildman–Crippen MR) is 88.2 cm³/mol. The van der Waals surface area contributed by atoms with Gasteiger partial charge in [0.1, 0.15) is 0 Å². The highest BCUT2D eigenvalue weighted by atomic mass is 16.5. The molecule has 2 atom stereocenters. The highest BCUT2D eigenvalue weighted by molar-refractivity contribution is 6.00. The third-order valence-electron chi connectivity index (χ3n) is 4.55. The normalized spacial score (nSPS) is 21.0. The molecular weight excluding hydrogens is 324 g/mol. The van der Waals surface area contributed by atoms with Crippen molar-refractivity contribution >= 4 is 17.9 Å². The van der Waals surface area contributed by atoms with Gasteiger partial charge < -0.3 is 14.2 Å². The van der Waals surface area contributed by atoms with Crippen LogP contribution in [0.1, 0.15) is 23.2 Å². The van der Waals surface area contributed by atoms with Gasteiger partial charge in [-0.25, -0.2) is 4.79 Å². The minimum Gasteiger partial charge on any atom is -0.468 e. The quantitative estimate of drug-likeness (QED) is 0.351. The van der Waals surface area contributed by atoms with Crippen molar-refractivity contribution in [1.29, 1.82) is 0 Å². The number of hydrogen-bond donors (Lipinski definition) is 0. The van der Waals surface area contributed by atoms with Gasteiger partial charge in [0.25, 0.3) is 0 Å². The molecule has 0 aliphatic heterocycles. The van der Waals surface area contributed by atoms with Crippen molar-refractivity contribution < 1.29 is 28.6 Å². The molecule has 0 saturated heterocycles. The zero-order chi connectivity index (χ0) is 18.4. The van der Waals surface area contributed by atoms with Crippen LogP contribution >= 0.6 is 0 Å². The number of carbonyl (C=O) groups is 3. The van der Waals surface area contributed by atoms with Gasteiger partial charge >= 0.3 is 17.9 Å². The van der Waals surface area contributed by atoms with E-state index in [1.807, 2.05) is 0 Å². The van der Waals surface area contributed by atoms with Crippen molar-refractivity contribution in [2.75, 3.05) is 20.8 Å². The first-order valence-electron chi connectivity index (χ1n) is 7.83. The molecule has 1 aliphatic carbocycles. The predicted octanol–water partition coefficient (Wildman–Crippen LogP) is 1.84. The lowest BCUT2D eigenvalue weighted by molar-refractivity contribution is -0.169. The van der Waals surface area contributed by atoms with E-state index in [4.69, 9.17) is 20.6 Å². The van der Waals surface area contributed by atoms with Crippen molar-refractivity contribution in [3.05, 3.63) is 35.9 Å². The molecule has 1 saturated carbocycles. The van der Waals surface area contributed by atoms with Crippen molar-refractivity contribution in [2.24, 2.45) is 17.3 Å². The van der Waals surface area contributed by atoms with E-state index < -0.39 is 29.2 Å². The Kier molecular flexibility index (Phi) is 5.81. The van der Waals surface area contributed by atoms with Gasteiger partial charge in [-0.15, -0.1) is 12.3 Å². The summed E-state index contributed by atoms with van der Waals surface area (Å²) in [6, 6.07) is 8.54. The van der Waals surface area contributed by atoms with E-state index in [2.05, 4.69) is 5.92 Å². The Morgan fingerprint density at radius 1 is 1.12 bits per heavy atom. The second-order valence-corrected chi connectivity index (χ2v) is 5.97. The van der Waals surface area contributed by atoms with Crippen molar-refractivity contribution in [3.63, 3.8) is 0 Å². The van der Waals surface area contributed by atoms with Crippen LogP contribution in [0, 0.1) is 29.6 Å². The first-order chi connectivity index (χ1) is 12.0. The monoisotopic (exact) mass is 344 g/mol. The van der Waals surface area contributed by atoms with Gasteiger partial charge in [0.15, 0.2) is 5.41 Å². The number of ether oxygens (including phenoxy) is 3. The molecular formula is C19H20O6. The molecule has 1 aliphatic rings. The van der Waals surface area contributed by atoms with Gasteiger partial charge in [-0.3, -0.25) is 9.59 Å². The van der Waals surface area contributed by atoms with E-state index in [1.165, 1.54) is 14.2 Å². The lowest BCUT2D eigenvalue weighted by Gasteiger charge is -2.23. The molecule has 25 heavy (non-hydrogen) atoms. The number of terminal acetylenes is 1. The maximum absolute atomic E-state index is 12.2. The molecule has 1 aromatic rings. The van der Waals surface area contributed by atoms with Gasteiger partial charge in [-0.2, -0.15) is 0 Å². The third-order valence-corrected chi connectivity index (χ3v) is 4.55. The van der Waals surface area contributed by atoms with Gasteiger partial charge in [-0.1, -0.05) is 18.2 Å². The second-order valence-electron chi connectivity index (χ2n) is 5.97. The highest BCUT2D eigenvalue weighted by Gasteiger charge is 2.57. The van der Waals surface area contributed by atoms with E-state index >= 15 is 0 Å². The number of benzene rings is 1. The number of methoxy groups -OCH3 is 2. The number of carbonyl (C=O) groups excluding carboxylic acids is 3. The van der Waals surface area contributed by atoms with Crippen LogP contribution in [-0.4, -0.2) is 38.7 Å². The molecule has 0 radical (unpaired) electrons. The molecule has 0 N–H and O–H groups in total. The molecule has 0 amide bonds. The summed E-state index contributed by atoms with van der Waals surface area (Å²) in [4.78, 5) is 36.5. The fraction of sp³-hybridized carbons (Fsp3) is 0.421. The zero-order valence-electron chi connectivity index (χ0n) is 14.2. The van der Waals surface area contributed by atoms with Gasteiger partial charge in [-0.05, 0) is 25.0 Å². The first kappa shape index (κ1) is 18.5. The first-order valence-corrected chi connectivity index (χ1v) is 7.83. The van der Waals surface area contributed by atoms with Gasteiger partial charge in [0.2, 0.25) is 0 Å². The van der Waals surface area contributed by atoms with Crippen LogP contribution in [0.4, 0.5) is 0 Å². The standard InChI is InChI=1S/C19H20O6/c1-4-13-10-19(17(21)23-2,18(22)24-3)11-15(13)12-25-16(20)14-8-6-5-7-9-14/h1,5-9,13,15H,10-12H2,2-3H3/t13-,15-/m1/s1. The smallest absolute Gasteiger partial charge is 0.338 e. The van der Waals surface area contributed by atoms with E-state index in [9.17, 15) is 14.4 Å². The summed E-state index contributed by atoms with van der Waals surface area (Å²) >= 11 is 0. The summed E-state index contributed by atoms with van der Waals surface area (Å²) in [6.07, 6.45) is 5.77. The molecule has 1 aromatic carbocycles. The second kappa shape index (κ2) is 7.84. The van der Waals surface area contributed by atoms with Crippen LogP contribution in [0.5, 0.6) is 0 Å². The number of hydrogen-bond acceptors (Lipinski definition) is 6. The topological polar surface area (TPSA) is 78.9 Å². The van der Waals surface area contributed by atoms with E-state index in [0.717, 1.165) is 0 Å². The maximum atomic E-state index is 12.2. The minimum atomic E-state index is -1.45. The average molecular weight is 344 g/mol. The third kappa shape index (κ3) is 3.66. The van der Waals surface area contributed by atoms with Crippen LogP contribution in [0.15, 0.2) is 30.3 Å². The zero-order valence-corrected chi connectivity index (χ0v) is 14.2. The Labute approximate surface area is 146 Å². The van der Waals surface area contributed by atoms with Crippen molar-refractivity contribution in [1.82, 2.24) is 0 Å². The minimum absolute atomic E-state index is 0.0122. The Morgan fingerprint density at radius 2 is 1.72 bits per heavy atom. The average Bonchev–Trinajstić information content (AvgIpc) is 3.05. The molecule has 132 valence electrons. The van der Waals surface area contributed by atoms with Crippen LogP contribution in [-0.2, 0) is 23.8 Å². The fourth-order valence-corrected chi connectivity index (χ4v) is 3.23. The summed E-state index contributed by atoms with van der Waals surface area (Å²) in [5.74, 6) is -0.00405. The number of esters is 3. The molecule has 0 bridgehead atoms. The molecule has 0 aromatic heterocycles. The van der Waals surface area contributed by atoms with Crippen LogP contribution in [0.3, 0.4) is 0 Å². The van der Waals surface area contributed by atoms with Crippen LogP contribution < -0.4 is 0 Å². The summed E-state index contributed by atoms with van der Waals surface area (Å²) in [7, 11) is 2.42. The Morgan fingerprint density at radius 3 is 2.24 bits per heavy atom. The molecule has 6 nitrogen and oxygen atoms in total. The lowest BCUT2D eigenvalue weighted by atomic mass is 9.85. The fourth-order valence-electron chi connectivity index (χ4n) is 3.23.